The molecule has 0 spiro atoms. The zero-order chi connectivity index (χ0) is 17.6. The Morgan fingerprint density at radius 3 is 2.76 bits per heavy atom. The number of aromatic amines is 1. The number of rotatable bonds is 5. The third kappa shape index (κ3) is 4.55. The van der Waals surface area contributed by atoms with Gasteiger partial charge >= 0.3 is 0 Å². The topological polar surface area (TPSA) is 74.0 Å². The number of benzene rings is 2. The van der Waals surface area contributed by atoms with Crippen LogP contribution in [0.15, 0.2) is 54.7 Å². The number of carbonyl (C=O) groups excluding carboxylic acids is 2. The molecular formula is C18H16ClN3O2S. The fourth-order valence-electron chi connectivity index (χ4n) is 2.38. The Balaban J connectivity index is 1.46. The van der Waals surface area contributed by atoms with Crippen LogP contribution in [0.25, 0.3) is 10.9 Å². The highest BCUT2D eigenvalue weighted by Gasteiger charge is 2.12. The maximum Gasteiger partial charge on any atom is 0.271 e. The second-order valence-corrected chi connectivity index (χ2v) is 6.79. The van der Waals surface area contributed by atoms with Crippen LogP contribution in [0.3, 0.4) is 0 Å². The molecule has 5 nitrogen and oxygen atoms in total. The SMILES string of the molecule is O=C(CSCc1cccc(Cl)c1)NNC(=O)c1c[nH]c2ccccc12. The van der Waals surface area contributed by atoms with Crippen LogP contribution in [0.4, 0.5) is 0 Å². The lowest BCUT2D eigenvalue weighted by Crippen LogP contribution is -2.42. The Hall–Kier alpha value is -2.44. The minimum absolute atomic E-state index is 0.237. The molecule has 0 aliphatic heterocycles. The number of nitrogens with one attached hydrogen (secondary N) is 3. The van der Waals surface area contributed by atoms with Crippen LogP contribution in [0.1, 0.15) is 15.9 Å². The molecule has 0 saturated heterocycles. The summed E-state index contributed by atoms with van der Waals surface area (Å²) in [6.07, 6.45) is 1.63. The zero-order valence-electron chi connectivity index (χ0n) is 13.2. The molecule has 0 radical (unpaired) electrons. The summed E-state index contributed by atoms with van der Waals surface area (Å²) >= 11 is 7.37. The number of halogens is 1. The van der Waals surface area contributed by atoms with Gasteiger partial charge in [0.25, 0.3) is 5.91 Å². The molecule has 0 bridgehead atoms. The van der Waals surface area contributed by atoms with Gasteiger partial charge in [0.15, 0.2) is 0 Å². The van der Waals surface area contributed by atoms with Gasteiger partial charge in [-0.1, -0.05) is 41.9 Å². The first-order valence-electron chi connectivity index (χ1n) is 7.61. The van der Waals surface area contributed by atoms with Crippen LogP contribution in [0, 0.1) is 0 Å². The van der Waals surface area contributed by atoms with Gasteiger partial charge in [0, 0.05) is 27.9 Å². The van der Waals surface area contributed by atoms with Crippen molar-refractivity contribution in [2.45, 2.75) is 5.75 Å². The molecule has 0 aliphatic rings. The van der Waals surface area contributed by atoms with E-state index in [-0.39, 0.29) is 17.6 Å². The molecule has 1 heterocycles. The van der Waals surface area contributed by atoms with Crippen molar-refractivity contribution in [2.75, 3.05) is 5.75 Å². The fourth-order valence-corrected chi connectivity index (χ4v) is 3.37. The molecule has 2 aromatic carbocycles. The van der Waals surface area contributed by atoms with Crippen molar-refractivity contribution in [3.63, 3.8) is 0 Å². The number of fused-ring (bicyclic) bond motifs is 1. The van der Waals surface area contributed by atoms with Crippen molar-refractivity contribution in [1.29, 1.82) is 0 Å². The van der Waals surface area contributed by atoms with E-state index in [0.717, 1.165) is 16.5 Å². The molecule has 3 aromatic rings. The molecule has 2 amide bonds. The van der Waals surface area contributed by atoms with Crippen LogP contribution in [0.5, 0.6) is 0 Å². The first-order valence-corrected chi connectivity index (χ1v) is 9.14. The minimum atomic E-state index is -0.356. The maximum absolute atomic E-state index is 12.2. The Morgan fingerprint density at radius 1 is 1.08 bits per heavy atom. The highest BCUT2D eigenvalue weighted by Crippen LogP contribution is 2.17. The van der Waals surface area contributed by atoms with Gasteiger partial charge in [-0.15, -0.1) is 11.8 Å². The van der Waals surface area contributed by atoms with Crippen molar-refractivity contribution >= 4 is 46.1 Å². The number of hydrogen-bond donors (Lipinski definition) is 3. The summed E-state index contributed by atoms with van der Waals surface area (Å²) in [7, 11) is 0. The summed E-state index contributed by atoms with van der Waals surface area (Å²) in [5, 5.41) is 1.48. The molecule has 3 N–H and O–H groups in total. The molecular weight excluding hydrogens is 358 g/mol. The molecule has 0 aliphatic carbocycles. The third-order valence-corrected chi connectivity index (χ3v) is 4.78. The Morgan fingerprint density at radius 2 is 1.92 bits per heavy atom. The number of para-hydroxylation sites is 1. The average Bonchev–Trinajstić information content (AvgIpc) is 3.04. The van der Waals surface area contributed by atoms with Gasteiger partial charge in [0.2, 0.25) is 5.91 Å². The maximum atomic E-state index is 12.2. The smallest absolute Gasteiger partial charge is 0.271 e. The minimum Gasteiger partial charge on any atom is -0.360 e. The highest BCUT2D eigenvalue weighted by atomic mass is 35.5. The van der Waals surface area contributed by atoms with Gasteiger partial charge in [-0.2, -0.15) is 0 Å². The zero-order valence-corrected chi connectivity index (χ0v) is 14.8. The molecule has 128 valence electrons. The molecule has 1 aromatic heterocycles. The van der Waals surface area contributed by atoms with E-state index in [1.165, 1.54) is 11.8 Å². The number of carbonyl (C=O) groups is 2. The molecule has 7 heteroatoms. The lowest BCUT2D eigenvalue weighted by molar-refractivity contribution is -0.119. The van der Waals surface area contributed by atoms with Crippen molar-refractivity contribution < 1.29 is 9.59 Å². The summed E-state index contributed by atoms with van der Waals surface area (Å²) < 4.78 is 0. The monoisotopic (exact) mass is 373 g/mol. The number of thioether (sulfide) groups is 1. The molecule has 0 fully saturated rings. The van der Waals surface area contributed by atoms with Crippen molar-refractivity contribution in [3.8, 4) is 0 Å². The van der Waals surface area contributed by atoms with E-state index in [0.29, 0.717) is 16.3 Å². The van der Waals surface area contributed by atoms with E-state index in [4.69, 9.17) is 11.6 Å². The van der Waals surface area contributed by atoms with Gasteiger partial charge in [-0.25, -0.2) is 0 Å². The summed E-state index contributed by atoms with van der Waals surface area (Å²) in [6.45, 7) is 0. The predicted molar refractivity (Wildman–Crippen MR) is 102 cm³/mol. The lowest BCUT2D eigenvalue weighted by atomic mass is 10.2. The number of aromatic nitrogens is 1. The highest BCUT2D eigenvalue weighted by molar-refractivity contribution is 7.99. The molecule has 0 atom stereocenters. The quantitative estimate of drug-likeness (QED) is 0.599. The molecule has 3 rings (SSSR count). The summed E-state index contributed by atoms with van der Waals surface area (Å²) in [4.78, 5) is 27.1. The van der Waals surface area contributed by atoms with Crippen molar-refractivity contribution in [1.82, 2.24) is 15.8 Å². The third-order valence-electron chi connectivity index (χ3n) is 3.54. The van der Waals surface area contributed by atoms with Gasteiger partial charge in [-0.3, -0.25) is 20.4 Å². The average molecular weight is 374 g/mol. The normalized spacial score (nSPS) is 10.6. The largest absolute Gasteiger partial charge is 0.360 e. The second kappa shape index (κ2) is 8.09. The first kappa shape index (κ1) is 17.4. The second-order valence-electron chi connectivity index (χ2n) is 5.37. The molecule has 25 heavy (non-hydrogen) atoms. The van der Waals surface area contributed by atoms with Crippen LogP contribution in [0.2, 0.25) is 5.02 Å². The van der Waals surface area contributed by atoms with Gasteiger partial charge in [0.05, 0.1) is 11.3 Å². The van der Waals surface area contributed by atoms with E-state index >= 15 is 0 Å². The Bertz CT molecular complexity index is 910. The van der Waals surface area contributed by atoms with Crippen molar-refractivity contribution in [2.24, 2.45) is 0 Å². The standard InChI is InChI=1S/C18H16ClN3O2S/c19-13-5-3-4-12(8-13)10-25-11-17(23)21-22-18(24)15-9-20-16-7-2-1-6-14(15)16/h1-9,20H,10-11H2,(H,21,23)(H,22,24). The van der Waals surface area contributed by atoms with Crippen LogP contribution in [-0.2, 0) is 10.5 Å². The van der Waals surface area contributed by atoms with E-state index in [1.807, 2.05) is 48.5 Å². The Labute approximate surface area is 154 Å². The van der Waals surface area contributed by atoms with E-state index in [9.17, 15) is 9.59 Å². The first-order chi connectivity index (χ1) is 12.1. The van der Waals surface area contributed by atoms with Gasteiger partial charge in [0.1, 0.15) is 0 Å². The van der Waals surface area contributed by atoms with Gasteiger partial charge < -0.3 is 4.98 Å². The fraction of sp³-hybridized carbons (Fsp3) is 0.111. The summed E-state index contributed by atoms with van der Waals surface area (Å²) in [6, 6.07) is 15.0. The summed E-state index contributed by atoms with van der Waals surface area (Å²) in [5.41, 5.74) is 7.28. The predicted octanol–water partition coefficient (Wildman–Crippen LogP) is 3.52. The van der Waals surface area contributed by atoms with E-state index < -0.39 is 0 Å². The number of amides is 2. The lowest BCUT2D eigenvalue weighted by Gasteiger charge is -2.07. The Kier molecular flexibility index (Phi) is 5.63. The number of hydrogen-bond acceptors (Lipinski definition) is 3. The number of H-pyrrole nitrogens is 1. The van der Waals surface area contributed by atoms with Crippen LogP contribution < -0.4 is 10.9 Å². The summed E-state index contributed by atoms with van der Waals surface area (Å²) in [5.74, 6) is 0.288. The van der Waals surface area contributed by atoms with Crippen molar-refractivity contribution in [3.05, 3.63) is 70.9 Å². The van der Waals surface area contributed by atoms with Crippen LogP contribution in [-0.4, -0.2) is 22.6 Å². The van der Waals surface area contributed by atoms with E-state index in [1.54, 1.807) is 6.20 Å². The molecule has 0 unspecified atom stereocenters. The number of hydrazine groups is 1. The molecule has 0 saturated carbocycles. The van der Waals surface area contributed by atoms with Crippen LogP contribution >= 0.6 is 23.4 Å². The van der Waals surface area contributed by atoms with E-state index in [2.05, 4.69) is 15.8 Å². The van der Waals surface area contributed by atoms with Gasteiger partial charge in [-0.05, 0) is 23.8 Å².